The number of carbonyl (C=O) groups excluding carboxylic acids is 1. The Bertz CT molecular complexity index is 411. The summed E-state index contributed by atoms with van der Waals surface area (Å²) >= 11 is 0. The zero-order chi connectivity index (χ0) is 13.0. The van der Waals surface area contributed by atoms with E-state index in [0.29, 0.717) is 12.3 Å². The van der Waals surface area contributed by atoms with Gasteiger partial charge in [-0.25, -0.2) is 9.48 Å². The highest BCUT2D eigenvalue weighted by Crippen LogP contribution is 2.22. The van der Waals surface area contributed by atoms with Crippen molar-refractivity contribution in [2.24, 2.45) is 0 Å². The summed E-state index contributed by atoms with van der Waals surface area (Å²) in [6.45, 7) is 3.51. The second-order valence-electron chi connectivity index (χ2n) is 4.44. The van der Waals surface area contributed by atoms with Gasteiger partial charge in [0.05, 0.1) is 25.5 Å². The molecule has 1 saturated heterocycles. The Morgan fingerprint density at radius 2 is 2.44 bits per heavy atom. The van der Waals surface area contributed by atoms with E-state index in [1.807, 2.05) is 4.68 Å². The van der Waals surface area contributed by atoms with Gasteiger partial charge in [-0.1, -0.05) is 18.6 Å². The zero-order valence-electron chi connectivity index (χ0n) is 10.9. The molecule has 0 bridgehead atoms. The molecule has 0 aromatic carbocycles. The Morgan fingerprint density at radius 1 is 1.61 bits per heavy atom. The van der Waals surface area contributed by atoms with Crippen molar-refractivity contribution in [2.45, 2.75) is 38.6 Å². The van der Waals surface area contributed by atoms with Gasteiger partial charge in [-0.2, -0.15) is 0 Å². The first-order valence-corrected chi connectivity index (χ1v) is 6.38. The van der Waals surface area contributed by atoms with Gasteiger partial charge < -0.3 is 9.47 Å². The van der Waals surface area contributed by atoms with Crippen LogP contribution < -0.4 is 0 Å². The molecule has 6 heteroatoms. The van der Waals surface area contributed by atoms with Gasteiger partial charge in [-0.15, -0.1) is 5.10 Å². The number of hydrogen-bond acceptors (Lipinski definition) is 5. The number of methoxy groups -OCH3 is 1. The van der Waals surface area contributed by atoms with Crippen molar-refractivity contribution in [1.29, 1.82) is 0 Å². The van der Waals surface area contributed by atoms with E-state index in [1.54, 1.807) is 0 Å². The van der Waals surface area contributed by atoms with Gasteiger partial charge in [0, 0.05) is 6.61 Å². The van der Waals surface area contributed by atoms with Crippen molar-refractivity contribution in [3.8, 4) is 0 Å². The predicted octanol–water partition coefficient (Wildman–Crippen LogP) is 1.37. The Balaban J connectivity index is 2.28. The second kappa shape index (κ2) is 5.95. The summed E-state index contributed by atoms with van der Waals surface area (Å²) in [7, 11) is 1.36. The lowest BCUT2D eigenvalue weighted by atomic mass is 10.1. The van der Waals surface area contributed by atoms with E-state index in [2.05, 4.69) is 17.2 Å². The molecule has 1 aliphatic heterocycles. The third kappa shape index (κ3) is 2.53. The number of esters is 1. The quantitative estimate of drug-likeness (QED) is 0.758. The normalized spacial score (nSPS) is 19.8. The SMILES string of the molecule is CCCc1c(C(=O)OC)nnn1C1CCCOC1. The molecule has 0 spiro atoms. The van der Waals surface area contributed by atoms with Gasteiger partial charge in [-0.3, -0.25) is 0 Å². The summed E-state index contributed by atoms with van der Waals surface area (Å²) in [6.07, 6.45) is 3.74. The lowest BCUT2D eigenvalue weighted by Gasteiger charge is -2.23. The van der Waals surface area contributed by atoms with Crippen molar-refractivity contribution in [3.63, 3.8) is 0 Å². The molecule has 2 rings (SSSR count). The van der Waals surface area contributed by atoms with Gasteiger partial charge >= 0.3 is 5.97 Å². The minimum absolute atomic E-state index is 0.186. The van der Waals surface area contributed by atoms with E-state index in [9.17, 15) is 4.79 Å². The molecule has 100 valence electrons. The average Bonchev–Trinajstić information content (AvgIpc) is 2.83. The topological polar surface area (TPSA) is 66.2 Å². The number of carbonyl (C=O) groups is 1. The number of nitrogens with zero attached hydrogens (tertiary/aromatic N) is 3. The highest BCUT2D eigenvalue weighted by Gasteiger charge is 2.25. The maximum absolute atomic E-state index is 11.6. The zero-order valence-corrected chi connectivity index (χ0v) is 10.9. The van der Waals surface area contributed by atoms with E-state index in [-0.39, 0.29) is 6.04 Å². The standard InChI is InChI=1S/C12H19N3O3/c1-3-5-10-11(12(16)17-2)13-14-15(10)9-6-4-7-18-8-9/h9H,3-8H2,1-2H3. The van der Waals surface area contributed by atoms with Crippen LogP contribution in [0.2, 0.25) is 0 Å². The van der Waals surface area contributed by atoms with E-state index < -0.39 is 5.97 Å². The van der Waals surface area contributed by atoms with Crippen molar-refractivity contribution in [1.82, 2.24) is 15.0 Å². The fraction of sp³-hybridized carbons (Fsp3) is 0.750. The molecule has 0 saturated carbocycles. The van der Waals surface area contributed by atoms with E-state index in [1.165, 1.54) is 7.11 Å². The van der Waals surface area contributed by atoms with E-state index in [0.717, 1.165) is 38.0 Å². The lowest BCUT2D eigenvalue weighted by molar-refractivity contribution is 0.0529. The van der Waals surface area contributed by atoms with Crippen LogP contribution in [0.15, 0.2) is 0 Å². The third-order valence-corrected chi connectivity index (χ3v) is 3.14. The van der Waals surface area contributed by atoms with Crippen LogP contribution in [0.1, 0.15) is 48.4 Å². The molecule has 1 unspecified atom stereocenters. The molecular weight excluding hydrogens is 234 g/mol. The average molecular weight is 253 g/mol. The minimum Gasteiger partial charge on any atom is -0.464 e. The summed E-state index contributed by atoms with van der Waals surface area (Å²) in [5, 5.41) is 8.08. The van der Waals surface area contributed by atoms with Crippen molar-refractivity contribution in [2.75, 3.05) is 20.3 Å². The Morgan fingerprint density at radius 3 is 3.06 bits per heavy atom. The predicted molar refractivity (Wildman–Crippen MR) is 64.4 cm³/mol. The van der Waals surface area contributed by atoms with Crippen LogP contribution in [-0.2, 0) is 15.9 Å². The molecule has 0 N–H and O–H groups in total. The van der Waals surface area contributed by atoms with Crippen molar-refractivity contribution < 1.29 is 14.3 Å². The molecule has 1 aliphatic rings. The third-order valence-electron chi connectivity index (χ3n) is 3.14. The lowest BCUT2D eigenvalue weighted by Crippen LogP contribution is -2.24. The molecule has 0 radical (unpaired) electrons. The summed E-state index contributed by atoms with van der Waals surface area (Å²) in [4.78, 5) is 11.6. The molecule has 1 fully saturated rings. The summed E-state index contributed by atoms with van der Waals surface area (Å²) < 4.78 is 12.0. The number of ether oxygens (including phenoxy) is 2. The maximum Gasteiger partial charge on any atom is 0.360 e. The summed E-state index contributed by atoms with van der Waals surface area (Å²) in [5.41, 5.74) is 1.20. The Hall–Kier alpha value is -1.43. The maximum atomic E-state index is 11.6. The molecule has 1 aromatic rings. The van der Waals surface area contributed by atoms with Crippen LogP contribution in [0.5, 0.6) is 0 Å². The van der Waals surface area contributed by atoms with E-state index in [4.69, 9.17) is 9.47 Å². The van der Waals surface area contributed by atoms with Gasteiger partial charge in [0.15, 0.2) is 5.69 Å². The second-order valence-corrected chi connectivity index (χ2v) is 4.44. The largest absolute Gasteiger partial charge is 0.464 e. The van der Waals surface area contributed by atoms with Gasteiger partial charge in [0.1, 0.15) is 0 Å². The fourth-order valence-corrected chi connectivity index (χ4v) is 2.25. The summed E-state index contributed by atoms with van der Waals surface area (Å²) in [5.74, 6) is -0.415. The van der Waals surface area contributed by atoms with Crippen molar-refractivity contribution in [3.05, 3.63) is 11.4 Å². The molecule has 0 aliphatic carbocycles. The first-order valence-electron chi connectivity index (χ1n) is 6.38. The molecule has 1 aromatic heterocycles. The summed E-state index contributed by atoms with van der Waals surface area (Å²) in [6, 6.07) is 0.186. The van der Waals surface area contributed by atoms with Gasteiger partial charge in [0.25, 0.3) is 0 Å². The highest BCUT2D eigenvalue weighted by molar-refractivity contribution is 5.88. The van der Waals surface area contributed by atoms with Crippen LogP contribution in [0.4, 0.5) is 0 Å². The van der Waals surface area contributed by atoms with Gasteiger partial charge in [0.2, 0.25) is 0 Å². The van der Waals surface area contributed by atoms with Crippen LogP contribution in [-0.4, -0.2) is 41.3 Å². The van der Waals surface area contributed by atoms with E-state index >= 15 is 0 Å². The smallest absolute Gasteiger partial charge is 0.360 e. The van der Waals surface area contributed by atoms with Crippen LogP contribution in [0.25, 0.3) is 0 Å². The molecule has 2 heterocycles. The molecule has 0 amide bonds. The first kappa shape index (κ1) is 13.0. The minimum atomic E-state index is -0.415. The van der Waals surface area contributed by atoms with Gasteiger partial charge in [-0.05, 0) is 19.3 Å². The van der Waals surface area contributed by atoms with Crippen LogP contribution in [0.3, 0.4) is 0 Å². The van der Waals surface area contributed by atoms with Crippen molar-refractivity contribution >= 4 is 5.97 Å². The number of aromatic nitrogens is 3. The number of hydrogen-bond donors (Lipinski definition) is 0. The molecule has 6 nitrogen and oxygen atoms in total. The van der Waals surface area contributed by atoms with Crippen LogP contribution in [0, 0.1) is 0 Å². The fourth-order valence-electron chi connectivity index (χ4n) is 2.25. The first-order chi connectivity index (χ1) is 8.77. The monoisotopic (exact) mass is 253 g/mol. The molecule has 1 atom stereocenters. The Kier molecular flexibility index (Phi) is 4.30. The number of rotatable bonds is 4. The molecule has 18 heavy (non-hydrogen) atoms. The highest BCUT2D eigenvalue weighted by atomic mass is 16.5. The molecular formula is C12H19N3O3. The Labute approximate surface area is 106 Å². The van der Waals surface area contributed by atoms with Crippen LogP contribution >= 0.6 is 0 Å².